The topological polar surface area (TPSA) is 58.6 Å². The van der Waals surface area contributed by atoms with Crippen LogP contribution in [0.25, 0.3) is 0 Å². The predicted octanol–water partition coefficient (Wildman–Crippen LogP) is 3.27. The molecule has 0 aliphatic carbocycles. The Labute approximate surface area is 117 Å². The van der Waals surface area contributed by atoms with Gasteiger partial charge in [-0.1, -0.05) is 24.6 Å². The maximum atomic E-state index is 11.2. The van der Waals surface area contributed by atoms with Crippen molar-refractivity contribution in [3.05, 3.63) is 28.8 Å². The number of anilines is 1. The first-order valence-electron chi connectivity index (χ1n) is 6.50. The monoisotopic (exact) mass is 283 g/mol. The van der Waals surface area contributed by atoms with Gasteiger partial charge in [0.15, 0.2) is 0 Å². The Hall–Kier alpha value is -1.26. The van der Waals surface area contributed by atoms with Crippen molar-refractivity contribution in [1.29, 1.82) is 0 Å². The maximum absolute atomic E-state index is 11.2. The Kier molecular flexibility index (Phi) is 4.66. The fraction of sp³-hybridized carbons (Fsp3) is 0.500. The van der Waals surface area contributed by atoms with E-state index in [0.29, 0.717) is 18.2 Å². The van der Waals surface area contributed by atoms with Gasteiger partial charge in [0.05, 0.1) is 16.8 Å². The molecule has 4 nitrogen and oxygen atoms in total. The molecule has 1 fully saturated rings. The normalized spacial score (nSPS) is 22.4. The molecule has 1 heterocycles. The second kappa shape index (κ2) is 6.26. The van der Waals surface area contributed by atoms with Gasteiger partial charge in [0, 0.05) is 19.1 Å². The Bertz CT molecular complexity index is 464. The van der Waals surface area contributed by atoms with E-state index >= 15 is 0 Å². The number of nitrogens with one attached hydrogen (secondary N) is 1. The lowest BCUT2D eigenvalue weighted by Gasteiger charge is -2.19. The molecule has 5 heteroatoms. The quantitative estimate of drug-likeness (QED) is 0.871. The number of benzene rings is 1. The fourth-order valence-corrected chi connectivity index (χ4v) is 2.76. The van der Waals surface area contributed by atoms with Gasteiger partial charge < -0.3 is 15.2 Å². The summed E-state index contributed by atoms with van der Waals surface area (Å²) < 4.78 is 5.62. The number of hydrogen-bond donors (Lipinski definition) is 2. The molecule has 1 aromatic carbocycles. The van der Waals surface area contributed by atoms with Crippen LogP contribution in [0.1, 0.15) is 30.1 Å². The van der Waals surface area contributed by atoms with E-state index in [2.05, 4.69) is 12.2 Å². The minimum atomic E-state index is -1.01. The summed E-state index contributed by atoms with van der Waals surface area (Å²) in [5, 5.41) is 12.6. The molecule has 0 amide bonds. The largest absolute Gasteiger partial charge is 0.478 e. The first-order chi connectivity index (χ1) is 9.13. The summed E-state index contributed by atoms with van der Waals surface area (Å²) in [6.45, 7) is 3.59. The van der Waals surface area contributed by atoms with Crippen LogP contribution in [-0.2, 0) is 4.74 Å². The summed E-state index contributed by atoms with van der Waals surface area (Å²) in [5.41, 5.74) is 0.706. The third kappa shape index (κ3) is 3.19. The van der Waals surface area contributed by atoms with E-state index in [1.807, 2.05) is 0 Å². The summed E-state index contributed by atoms with van der Waals surface area (Å²) in [4.78, 5) is 11.2. The van der Waals surface area contributed by atoms with Gasteiger partial charge in [-0.05, 0) is 25.0 Å². The fourth-order valence-electron chi connectivity index (χ4n) is 2.51. The third-order valence-electron chi connectivity index (χ3n) is 3.53. The molecule has 104 valence electrons. The molecule has 1 aliphatic rings. The van der Waals surface area contributed by atoms with E-state index in [9.17, 15) is 9.90 Å². The number of carboxylic acid groups (broad SMARTS) is 1. The van der Waals surface area contributed by atoms with Crippen molar-refractivity contribution in [3.63, 3.8) is 0 Å². The average molecular weight is 284 g/mol. The molecule has 0 radical (unpaired) electrons. The van der Waals surface area contributed by atoms with Crippen LogP contribution >= 0.6 is 11.6 Å². The number of halogens is 1. The maximum Gasteiger partial charge on any atom is 0.339 e. The molecule has 0 saturated carbocycles. The van der Waals surface area contributed by atoms with Crippen LogP contribution in [0.2, 0.25) is 5.02 Å². The third-order valence-corrected chi connectivity index (χ3v) is 3.85. The average Bonchev–Trinajstić information content (AvgIpc) is 2.83. The number of carbonyl (C=O) groups is 1. The minimum Gasteiger partial charge on any atom is -0.478 e. The molecule has 0 aromatic heterocycles. The molecule has 2 N–H and O–H groups in total. The van der Waals surface area contributed by atoms with Crippen LogP contribution in [0.5, 0.6) is 0 Å². The molecule has 0 bridgehead atoms. The van der Waals surface area contributed by atoms with E-state index in [1.165, 1.54) is 0 Å². The first-order valence-corrected chi connectivity index (χ1v) is 6.88. The zero-order valence-electron chi connectivity index (χ0n) is 10.9. The molecule has 1 aliphatic heterocycles. The summed E-state index contributed by atoms with van der Waals surface area (Å²) in [6, 6.07) is 5.08. The zero-order chi connectivity index (χ0) is 13.8. The van der Waals surface area contributed by atoms with Crippen LogP contribution in [0.4, 0.5) is 5.69 Å². The summed E-state index contributed by atoms with van der Waals surface area (Å²) >= 11 is 5.93. The number of ether oxygens (including phenoxy) is 1. The Balaban J connectivity index is 2.07. The molecule has 2 atom stereocenters. The van der Waals surface area contributed by atoms with Crippen molar-refractivity contribution in [2.24, 2.45) is 5.92 Å². The number of aromatic carboxylic acids is 1. The summed E-state index contributed by atoms with van der Waals surface area (Å²) in [5.74, 6) is -0.589. The van der Waals surface area contributed by atoms with Crippen molar-refractivity contribution in [1.82, 2.24) is 0 Å². The molecule has 2 rings (SSSR count). The minimum absolute atomic E-state index is 0.135. The predicted molar refractivity (Wildman–Crippen MR) is 75.0 cm³/mol. The van der Waals surface area contributed by atoms with E-state index in [4.69, 9.17) is 16.3 Å². The van der Waals surface area contributed by atoms with Gasteiger partial charge in [-0.25, -0.2) is 4.79 Å². The van der Waals surface area contributed by atoms with Gasteiger partial charge in [0.25, 0.3) is 0 Å². The highest BCUT2D eigenvalue weighted by atomic mass is 35.5. The zero-order valence-corrected chi connectivity index (χ0v) is 11.6. The van der Waals surface area contributed by atoms with E-state index in [1.54, 1.807) is 18.2 Å². The van der Waals surface area contributed by atoms with Gasteiger partial charge in [0.2, 0.25) is 0 Å². The number of rotatable bonds is 5. The smallest absolute Gasteiger partial charge is 0.339 e. The van der Waals surface area contributed by atoms with Crippen LogP contribution < -0.4 is 5.32 Å². The van der Waals surface area contributed by atoms with Gasteiger partial charge in [-0.2, -0.15) is 0 Å². The first kappa shape index (κ1) is 14.2. The summed E-state index contributed by atoms with van der Waals surface area (Å²) in [7, 11) is 0. The van der Waals surface area contributed by atoms with Crippen molar-refractivity contribution < 1.29 is 14.6 Å². The molecular weight excluding hydrogens is 266 g/mol. The van der Waals surface area contributed by atoms with Crippen molar-refractivity contribution in [2.45, 2.75) is 25.9 Å². The van der Waals surface area contributed by atoms with E-state index in [0.717, 1.165) is 19.4 Å². The van der Waals surface area contributed by atoms with Crippen molar-refractivity contribution >= 4 is 23.3 Å². The second-order valence-electron chi connectivity index (χ2n) is 4.71. The molecule has 0 spiro atoms. The molecule has 19 heavy (non-hydrogen) atoms. The lowest BCUT2D eigenvalue weighted by Crippen LogP contribution is -2.23. The Morgan fingerprint density at radius 2 is 2.37 bits per heavy atom. The highest BCUT2D eigenvalue weighted by molar-refractivity contribution is 6.34. The van der Waals surface area contributed by atoms with Crippen LogP contribution in [-0.4, -0.2) is 30.3 Å². The Morgan fingerprint density at radius 1 is 1.58 bits per heavy atom. The van der Waals surface area contributed by atoms with Gasteiger partial charge in [0.1, 0.15) is 5.56 Å². The molecule has 2 unspecified atom stereocenters. The summed E-state index contributed by atoms with van der Waals surface area (Å²) in [6.07, 6.45) is 2.25. The lowest BCUT2D eigenvalue weighted by molar-refractivity contribution is 0.0698. The highest BCUT2D eigenvalue weighted by Crippen LogP contribution is 2.27. The lowest BCUT2D eigenvalue weighted by atomic mass is 9.99. The SMILES string of the molecule is CCC1OCCC1CNc1cccc(Cl)c1C(=O)O. The Morgan fingerprint density at radius 3 is 3.05 bits per heavy atom. The van der Waals surface area contributed by atoms with Crippen LogP contribution in [0, 0.1) is 5.92 Å². The van der Waals surface area contributed by atoms with E-state index in [-0.39, 0.29) is 16.7 Å². The second-order valence-corrected chi connectivity index (χ2v) is 5.12. The number of hydrogen-bond acceptors (Lipinski definition) is 3. The van der Waals surface area contributed by atoms with Crippen LogP contribution in [0.3, 0.4) is 0 Å². The molecule has 1 saturated heterocycles. The highest BCUT2D eigenvalue weighted by Gasteiger charge is 2.26. The van der Waals surface area contributed by atoms with Crippen molar-refractivity contribution in [2.75, 3.05) is 18.5 Å². The standard InChI is InChI=1S/C14H18ClNO3/c1-2-12-9(6-7-19-12)8-16-11-5-3-4-10(15)13(11)14(17)18/h3-5,9,12,16H,2,6-8H2,1H3,(H,17,18). The number of carboxylic acids is 1. The van der Waals surface area contributed by atoms with Crippen molar-refractivity contribution in [3.8, 4) is 0 Å². The van der Waals surface area contributed by atoms with Gasteiger partial charge >= 0.3 is 5.97 Å². The van der Waals surface area contributed by atoms with Gasteiger partial charge in [-0.3, -0.25) is 0 Å². The van der Waals surface area contributed by atoms with Crippen LogP contribution in [0.15, 0.2) is 18.2 Å². The van der Waals surface area contributed by atoms with Gasteiger partial charge in [-0.15, -0.1) is 0 Å². The van der Waals surface area contributed by atoms with E-state index < -0.39 is 5.97 Å². The molecular formula is C14H18ClNO3. The molecule has 1 aromatic rings.